The van der Waals surface area contributed by atoms with E-state index in [0.717, 1.165) is 0 Å². The smallest absolute Gasteiger partial charge is 0.285 e. The van der Waals surface area contributed by atoms with Gasteiger partial charge in [-0.05, 0) is 0 Å². The van der Waals surface area contributed by atoms with Crippen molar-refractivity contribution in [1.29, 1.82) is 0 Å². The minimum atomic E-state index is -0.437. The molecule has 0 saturated carbocycles. The fourth-order valence-electron chi connectivity index (χ4n) is 0. The molecule has 0 fully saturated rings. The van der Waals surface area contributed by atoms with Crippen LogP contribution in [0.25, 0.3) is 0 Å². The van der Waals surface area contributed by atoms with Crippen molar-refractivity contribution in [1.82, 2.24) is 4.72 Å². The van der Waals surface area contributed by atoms with E-state index in [1.54, 1.807) is 0 Å². The molecule has 1 radical (unpaired) electrons. The molecule has 5 heteroatoms. The van der Waals surface area contributed by atoms with Gasteiger partial charge in [0.1, 0.15) is 0 Å². The monoisotopic (exact) mass is 172 g/mol. The molecule has 1 N–H and O–H groups in total. The fourth-order valence-corrected chi connectivity index (χ4v) is 0. The van der Waals surface area contributed by atoms with E-state index in [2.05, 4.69) is 25.4 Å². The Kier molecular flexibility index (Phi) is 9.34. The maximum Gasteiger partial charge on any atom is 0.285 e. The molecule has 41 valence electrons. The molecule has 0 spiro atoms. The van der Waals surface area contributed by atoms with Gasteiger partial charge in [-0.15, -0.1) is 0 Å². The van der Waals surface area contributed by atoms with Crippen LogP contribution in [0.15, 0.2) is 0 Å². The third-order valence-electron chi connectivity index (χ3n) is 0.0956. The zero-order valence-corrected chi connectivity index (χ0v) is 5.33. The third-order valence-corrected chi connectivity index (χ3v) is 0.587. The Morgan fingerprint density at radius 3 is 1.83 bits per heavy atom. The molecule has 0 heterocycles. The number of thiol groups is 2. The van der Waals surface area contributed by atoms with Crippen molar-refractivity contribution in [3.8, 4) is 0 Å². The third kappa shape index (κ3) is 8.83. The minimum absolute atomic E-state index is 0. The van der Waals surface area contributed by atoms with Gasteiger partial charge in [0.05, 0.1) is 0 Å². The molecule has 0 aliphatic heterocycles. The van der Waals surface area contributed by atoms with Crippen molar-refractivity contribution >= 4 is 30.7 Å². The van der Waals surface area contributed by atoms with Crippen LogP contribution in [-0.4, -0.2) is 5.24 Å². The average molecular weight is 173 g/mol. The summed E-state index contributed by atoms with van der Waals surface area (Å²) in [7, 11) is 0. The Morgan fingerprint density at radius 2 is 1.83 bits per heavy atom. The Hall–Kier alpha value is 0.689. The largest absolute Gasteiger partial charge is 0.294 e. The predicted octanol–water partition coefficient (Wildman–Crippen LogP) is 0.468. The van der Waals surface area contributed by atoms with Gasteiger partial charge in [-0.3, -0.25) is 9.52 Å². The SMILES string of the molecule is O=C(S)NS.[Cu]. The van der Waals surface area contributed by atoms with E-state index in [0.29, 0.717) is 0 Å². The molecule has 0 aliphatic rings. The predicted molar refractivity (Wildman–Crippen MR) is 26.5 cm³/mol. The summed E-state index contributed by atoms with van der Waals surface area (Å²) in [4.78, 5) is 9.49. The molecule has 0 atom stereocenters. The standard InChI is InChI=1S/CH3NOS2.Cu/c3-1(4)2-5;/h5H,(H2,2,3,4);. The van der Waals surface area contributed by atoms with Gasteiger partial charge in [-0.25, -0.2) is 0 Å². The molecule has 0 rings (SSSR count). The second-order valence-corrected chi connectivity index (χ2v) is 1.05. The number of carbonyl (C=O) groups excluding carboxylic acids is 1. The number of hydrogen-bond acceptors (Lipinski definition) is 2. The number of carbonyl (C=O) groups is 1. The zero-order chi connectivity index (χ0) is 4.28. The molecule has 0 aromatic rings. The maximum absolute atomic E-state index is 9.49. The Morgan fingerprint density at radius 1 is 1.67 bits per heavy atom. The van der Waals surface area contributed by atoms with Crippen molar-refractivity contribution in [2.45, 2.75) is 0 Å². The summed E-state index contributed by atoms with van der Waals surface area (Å²) >= 11 is 6.61. The van der Waals surface area contributed by atoms with Crippen LogP contribution >= 0.6 is 25.4 Å². The number of rotatable bonds is 0. The number of nitrogens with one attached hydrogen (secondary N) is 1. The van der Waals surface area contributed by atoms with Crippen LogP contribution in [0.4, 0.5) is 4.79 Å². The summed E-state index contributed by atoms with van der Waals surface area (Å²) in [5, 5.41) is -0.437. The molecule has 0 aromatic heterocycles. The molecule has 0 aromatic carbocycles. The van der Waals surface area contributed by atoms with Crippen molar-refractivity contribution in [3.63, 3.8) is 0 Å². The first-order valence-electron chi connectivity index (χ1n) is 0.901. The van der Waals surface area contributed by atoms with Crippen LogP contribution < -0.4 is 4.72 Å². The molecule has 0 saturated heterocycles. The molecule has 0 unspecified atom stereocenters. The van der Waals surface area contributed by atoms with Crippen molar-refractivity contribution in [3.05, 3.63) is 0 Å². The Balaban J connectivity index is 0. The topological polar surface area (TPSA) is 29.1 Å². The summed E-state index contributed by atoms with van der Waals surface area (Å²) in [5.41, 5.74) is 0. The van der Waals surface area contributed by atoms with Gasteiger partial charge in [0, 0.05) is 17.1 Å². The quantitative estimate of drug-likeness (QED) is 0.360. The van der Waals surface area contributed by atoms with E-state index >= 15 is 0 Å². The van der Waals surface area contributed by atoms with E-state index in [1.165, 1.54) is 0 Å². The van der Waals surface area contributed by atoms with Crippen LogP contribution in [0.5, 0.6) is 0 Å². The van der Waals surface area contributed by atoms with E-state index < -0.39 is 5.24 Å². The first-order valence-corrected chi connectivity index (χ1v) is 1.80. The normalized spacial score (nSPS) is 5.67. The van der Waals surface area contributed by atoms with Gasteiger partial charge in [0.25, 0.3) is 5.24 Å². The molecule has 2 nitrogen and oxygen atoms in total. The first kappa shape index (κ1) is 9.85. The molecule has 6 heavy (non-hydrogen) atoms. The van der Waals surface area contributed by atoms with Gasteiger partial charge in [-0.2, -0.15) is 0 Å². The second-order valence-electron chi connectivity index (χ2n) is 0.417. The van der Waals surface area contributed by atoms with Gasteiger partial charge < -0.3 is 0 Å². The van der Waals surface area contributed by atoms with Crippen molar-refractivity contribution in [2.24, 2.45) is 0 Å². The fraction of sp³-hybridized carbons (Fsp3) is 0. The summed E-state index contributed by atoms with van der Waals surface area (Å²) in [6.07, 6.45) is 0. The number of amides is 1. The summed E-state index contributed by atoms with van der Waals surface area (Å²) in [6.45, 7) is 0. The van der Waals surface area contributed by atoms with E-state index in [-0.39, 0.29) is 17.1 Å². The van der Waals surface area contributed by atoms with E-state index in [1.807, 2.05) is 4.72 Å². The van der Waals surface area contributed by atoms with Crippen LogP contribution in [0.3, 0.4) is 0 Å². The first-order chi connectivity index (χ1) is 2.27. The van der Waals surface area contributed by atoms with Gasteiger partial charge in [0.2, 0.25) is 0 Å². The molecule has 1 amide bonds. The van der Waals surface area contributed by atoms with Crippen molar-refractivity contribution < 1.29 is 21.9 Å². The van der Waals surface area contributed by atoms with Crippen LogP contribution in [0.1, 0.15) is 0 Å². The summed E-state index contributed by atoms with van der Waals surface area (Å²) < 4.78 is 1.95. The Labute approximate surface area is 57.5 Å². The Bertz CT molecular complexity index is 48.8. The molecule has 0 aliphatic carbocycles. The minimum Gasteiger partial charge on any atom is -0.294 e. The zero-order valence-electron chi connectivity index (χ0n) is 2.60. The van der Waals surface area contributed by atoms with Gasteiger partial charge >= 0.3 is 0 Å². The average Bonchev–Trinajstić information content (AvgIpc) is 1.38. The summed E-state index contributed by atoms with van der Waals surface area (Å²) in [5.74, 6) is 0. The molecular formula is CH3CuNOS2. The van der Waals surface area contributed by atoms with Crippen LogP contribution in [-0.2, 0) is 17.1 Å². The van der Waals surface area contributed by atoms with Gasteiger partial charge in [-0.1, -0.05) is 25.4 Å². The van der Waals surface area contributed by atoms with E-state index in [4.69, 9.17) is 0 Å². The molecular weight excluding hydrogens is 170 g/mol. The van der Waals surface area contributed by atoms with Gasteiger partial charge in [0.15, 0.2) is 0 Å². The number of hydrogen-bond donors (Lipinski definition) is 3. The van der Waals surface area contributed by atoms with Crippen LogP contribution in [0, 0.1) is 0 Å². The van der Waals surface area contributed by atoms with Crippen LogP contribution in [0.2, 0.25) is 0 Å². The molecule has 0 bridgehead atoms. The maximum atomic E-state index is 9.49. The van der Waals surface area contributed by atoms with Crippen molar-refractivity contribution in [2.75, 3.05) is 0 Å². The summed E-state index contributed by atoms with van der Waals surface area (Å²) in [6, 6.07) is 0. The van der Waals surface area contributed by atoms with E-state index in [9.17, 15) is 4.79 Å². The second kappa shape index (κ2) is 5.69.